The summed E-state index contributed by atoms with van der Waals surface area (Å²) in [6.07, 6.45) is 0.833. The Balaban J connectivity index is 1.98. The van der Waals surface area contributed by atoms with Gasteiger partial charge in [0.2, 0.25) is 5.91 Å². The summed E-state index contributed by atoms with van der Waals surface area (Å²) < 4.78 is 10.6. The van der Waals surface area contributed by atoms with Crippen LogP contribution < -0.4 is 10.1 Å². The summed E-state index contributed by atoms with van der Waals surface area (Å²) in [4.78, 5) is 23.3. The second-order valence-electron chi connectivity index (χ2n) is 5.42. The molecule has 0 aromatic heterocycles. The summed E-state index contributed by atoms with van der Waals surface area (Å²) in [6, 6.07) is 13.5. The van der Waals surface area contributed by atoms with Crippen molar-refractivity contribution in [1.82, 2.24) is 0 Å². The Hall–Kier alpha value is -2.86. The molecule has 1 amide bonds. The molecule has 0 fully saturated rings. The predicted molar refractivity (Wildman–Crippen MR) is 94.2 cm³/mol. The molecule has 2 N–H and O–H groups in total. The lowest BCUT2D eigenvalue weighted by atomic mass is 10.1. The Morgan fingerprint density at radius 2 is 1.88 bits per heavy atom. The van der Waals surface area contributed by atoms with E-state index in [4.69, 9.17) is 14.6 Å². The van der Waals surface area contributed by atoms with E-state index in [9.17, 15) is 9.59 Å². The number of anilines is 1. The molecule has 0 saturated carbocycles. The smallest absolute Gasteiger partial charge is 0.335 e. The number of carbonyl (C=O) groups is 2. The lowest BCUT2D eigenvalue weighted by molar-refractivity contribution is -0.115. The number of aromatic carboxylic acids is 1. The fourth-order valence-corrected chi connectivity index (χ4v) is 2.28. The maximum Gasteiger partial charge on any atom is 0.335 e. The number of benzene rings is 2. The van der Waals surface area contributed by atoms with Crippen LogP contribution in [-0.2, 0) is 16.0 Å². The molecule has 6 heteroatoms. The normalized spacial score (nSPS) is 10.3. The molecule has 0 aliphatic rings. The third-order valence-electron chi connectivity index (χ3n) is 3.45. The van der Waals surface area contributed by atoms with E-state index in [-0.39, 0.29) is 17.9 Å². The highest BCUT2D eigenvalue weighted by molar-refractivity contribution is 5.94. The summed E-state index contributed by atoms with van der Waals surface area (Å²) in [6.45, 7) is 1.09. The van der Waals surface area contributed by atoms with E-state index in [1.54, 1.807) is 31.4 Å². The molecule has 6 nitrogen and oxygen atoms in total. The summed E-state index contributed by atoms with van der Waals surface area (Å²) in [5, 5.41) is 11.8. The highest BCUT2D eigenvalue weighted by atomic mass is 16.5. The van der Waals surface area contributed by atoms with Crippen LogP contribution >= 0.6 is 0 Å². The fourth-order valence-electron chi connectivity index (χ4n) is 2.28. The Morgan fingerprint density at radius 3 is 2.64 bits per heavy atom. The molecule has 2 aromatic rings. The van der Waals surface area contributed by atoms with Crippen LogP contribution in [0.15, 0.2) is 48.5 Å². The van der Waals surface area contributed by atoms with Crippen LogP contribution in [0.5, 0.6) is 5.75 Å². The van der Waals surface area contributed by atoms with Gasteiger partial charge < -0.3 is 19.9 Å². The highest BCUT2D eigenvalue weighted by Crippen LogP contribution is 2.24. The van der Waals surface area contributed by atoms with Gasteiger partial charge in [-0.1, -0.05) is 24.3 Å². The van der Waals surface area contributed by atoms with Gasteiger partial charge in [-0.3, -0.25) is 4.79 Å². The summed E-state index contributed by atoms with van der Waals surface area (Å²) in [5.41, 5.74) is 1.38. The molecular weight excluding hydrogens is 322 g/mol. The quantitative estimate of drug-likeness (QED) is 0.684. The van der Waals surface area contributed by atoms with Gasteiger partial charge in [0, 0.05) is 20.1 Å². The minimum Gasteiger partial charge on any atom is -0.491 e. The van der Waals surface area contributed by atoms with E-state index < -0.39 is 5.97 Å². The molecule has 2 rings (SSSR count). The maximum atomic E-state index is 12.3. The molecule has 0 radical (unpaired) electrons. The van der Waals surface area contributed by atoms with E-state index in [0.29, 0.717) is 30.2 Å². The summed E-state index contributed by atoms with van der Waals surface area (Å²) >= 11 is 0. The number of amides is 1. The fraction of sp³-hybridized carbons (Fsp3) is 0.263. The second kappa shape index (κ2) is 9.44. The molecule has 0 aliphatic heterocycles. The van der Waals surface area contributed by atoms with E-state index in [0.717, 1.165) is 6.42 Å². The number of rotatable bonds is 9. The van der Waals surface area contributed by atoms with Crippen LogP contribution in [0, 0.1) is 0 Å². The van der Waals surface area contributed by atoms with E-state index in [2.05, 4.69) is 5.32 Å². The van der Waals surface area contributed by atoms with Crippen LogP contribution in [0.25, 0.3) is 0 Å². The SMILES string of the molecule is COCCCOc1ccccc1NC(=O)Cc1cccc(C(=O)O)c1. The molecule has 0 atom stereocenters. The van der Waals surface area contributed by atoms with Crippen molar-refractivity contribution in [3.8, 4) is 5.75 Å². The molecule has 0 saturated heterocycles. The van der Waals surface area contributed by atoms with Crippen LogP contribution in [-0.4, -0.2) is 37.3 Å². The van der Waals surface area contributed by atoms with Gasteiger partial charge >= 0.3 is 5.97 Å². The van der Waals surface area contributed by atoms with Crippen LogP contribution in [0.1, 0.15) is 22.3 Å². The molecule has 0 unspecified atom stereocenters. The topological polar surface area (TPSA) is 84.9 Å². The van der Waals surface area contributed by atoms with Gasteiger partial charge in [0.05, 0.1) is 24.3 Å². The zero-order chi connectivity index (χ0) is 18.1. The molecular formula is C19H21NO5. The van der Waals surface area contributed by atoms with Crippen LogP contribution in [0.2, 0.25) is 0 Å². The number of nitrogens with one attached hydrogen (secondary N) is 1. The molecule has 0 aliphatic carbocycles. The van der Waals surface area contributed by atoms with E-state index >= 15 is 0 Å². The van der Waals surface area contributed by atoms with E-state index in [1.165, 1.54) is 12.1 Å². The first-order valence-corrected chi connectivity index (χ1v) is 7.93. The molecule has 25 heavy (non-hydrogen) atoms. The number of carboxylic acids is 1. The Kier molecular flexibility index (Phi) is 6.98. The van der Waals surface area contributed by atoms with E-state index in [1.807, 2.05) is 12.1 Å². The lowest BCUT2D eigenvalue weighted by Gasteiger charge is -2.12. The first-order chi connectivity index (χ1) is 12.1. The zero-order valence-electron chi connectivity index (χ0n) is 14.0. The molecule has 2 aromatic carbocycles. The summed E-state index contributed by atoms with van der Waals surface area (Å²) in [7, 11) is 1.63. The number of hydrogen-bond acceptors (Lipinski definition) is 4. The van der Waals surface area contributed by atoms with Crippen molar-refractivity contribution in [2.45, 2.75) is 12.8 Å². The first-order valence-electron chi connectivity index (χ1n) is 7.93. The maximum absolute atomic E-state index is 12.3. The average Bonchev–Trinajstić information content (AvgIpc) is 2.60. The minimum atomic E-state index is -1.02. The van der Waals surface area contributed by atoms with Crippen molar-refractivity contribution in [2.24, 2.45) is 0 Å². The Bertz CT molecular complexity index is 729. The zero-order valence-corrected chi connectivity index (χ0v) is 14.0. The van der Waals surface area contributed by atoms with Gasteiger partial charge in [0.15, 0.2) is 0 Å². The van der Waals surface area contributed by atoms with Crippen molar-refractivity contribution in [3.05, 3.63) is 59.7 Å². The molecule has 0 heterocycles. The number of methoxy groups -OCH3 is 1. The van der Waals surface area contributed by atoms with Gasteiger partial charge in [0.25, 0.3) is 0 Å². The van der Waals surface area contributed by atoms with Crippen molar-refractivity contribution < 1.29 is 24.2 Å². The van der Waals surface area contributed by atoms with Crippen LogP contribution in [0.4, 0.5) is 5.69 Å². The summed E-state index contributed by atoms with van der Waals surface area (Å²) in [5.74, 6) is -0.668. The number of ether oxygens (including phenoxy) is 2. The van der Waals surface area contributed by atoms with Gasteiger partial charge in [-0.05, 0) is 29.8 Å². The van der Waals surface area contributed by atoms with Crippen molar-refractivity contribution >= 4 is 17.6 Å². The molecule has 0 spiro atoms. The molecule has 132 valence electrons. The average molecular weight is 343 g/mol. The van der Waals surface area contributed by atoms with Gasteiger partial charge in [-0.2, -0.15) is 0 Å². The highest BCUT2D eigenvalue weighted by Gasteiger charge is 2.10. The number of para-hydroxylation sites is 2. The van der Waals surface area contributed by atoms with Gasteiger partial charge in [-0.15, -0.1) is 0 Å². The number of hydrogen-bond donors (Lipinski definition) is 2. The monoisotopic (exact) mass is 343 g/mol. The third kappa shape index (κ3) is 5.93. The third-order valence-corrected chi connectivity index (χ3v) is 3.45. The lowest BCUT2D eigenvalue weighted by Crippen LogP contribution is -2.15. The Morgan fingerprint density at radius 1 is 1.08 bits per heavy atom. The van der Waals surface area contributed by atoms with Crippen molar-refractivity contribution in [1.29, 1.82) is 0 Å². The number of carbonyl (C=O) groups excluding carboxylic acids is 1. The Labute approximate surface area is 146 Å². The first kappa shape index (κ1) is 18.5. The van der Waals surface area contributed by atoms with Crippen LogP contribution in [0.3, 0.4) is 0 Å². The van der Waals surface area contributed by atoms with Crippen molar-refractivity contribution in [2.75, 3.05) is 25.6 Å². The standard InChI is InChI=1S/C19H21NO5/c1-24-10-5-11-25-17-9-3-2-8-16(17)20-18(21)13-14-6-4-7-15(12-14)19(22)23/h2-4,6-9,12H,5,10-11,13H2,1H3,(H,20,21)(H,22,23). The van der Waals surface area contributed by atoms with Gasteiger partial charge in [0.1, 0.15) is 5.75 Å². The molecule has 0 bridgehead atoms. The predicted octanol–water partition coefficient (Wildman–Crippen LogP) is 2.98. The largest absolute Gasteiger partial charge is 0.491 e. The van der Waals surface area contributed by atoms with Crippen molar-refractivity contribution in [3.63, 3.8) is 0 Å². The number of carboxylic acid groups (broad SMARTS) is 1. The second-order valence-corrected chi connectivity index (χ2v) is 5.42. The van der Waals surface area contributed by atoms with Gasteiger partial charge in [-0.25, -0.2) is 4.79 Å². The minimum absolute atomic E-state index is 0.0825.